The van der Waals surface area contributed by atoms with Crippen molar-refractivity contribution in [1.29, 1.82) is 0 Å². The molecule has 2 heterocycles. The number of aryl methyl sites for hydroxylation is 1. The summed E-state index contributed by atoms with van der Waals surface area (Å²) in [5.74, 6) is 1.06. The minimum absolute atomic E-state index is 0.273. The zero-order valence-corrected chi connectivity index (χ0v) is 13.7. The van der Waals surface area contributed by atoms with Crippen molar-refractivity contribution in [1.82, 2.24) is 20.2 Å². The van der Waals surface area contributed by atoms with Crippen LogP contribution in [-0.2, 0) is 12.8 Å². The van der Waals surface area contributed by atoms with Crippen molar-refractivity contribution in [3.63, 3.8) is 0 Å². The van der Waals surface area contributed by atoms with Gasteiger partial charge >= 0.3 is 0 Å². The predicted octanol–water partition coefficient (Wildman–Crippen LogP) is 2.46. The molecule has 1 aromatic carbocycles. The Morgan fingerprint density at radius 3 is 2.88 bits per heavy atom. The van der Waals surface area contributed by atoms with Crippen LogP contribution in [0.4, 0.5) is 0 Å². The first-order valence-corrected chi connectivity index (χ1v) is 8.13. The van der Waals surface area contributed by atoms with E-state index in [0.717, 1.165) is 16.5 Å². The number of nitrogens with one attached hydrogen (secondary N) is 1. The van der Waals surface area contributed by atoms with Gasteiger partial charge < -0.3 is 8.98 Å². The van der Waals surface area contributed by atoms with Crippen molar-refractivity contribution >= 4 is 23.9 Å². The molecule has 3 rings (SSSR count). The van der Waals surface area contributed by atoms with Gasteiger partial charge in [-0.25, -0.2) is 5.43 Å². The first-order valence-electron chi connectivity index (χ1n) is 7.15. The van der Waals surface area contributed by atoms with Gasteiger partial charge in [-0.1, -0.05) is 23.9 Å². The van der Waals surface area contributed by atoms with Gasteiger partial charge in [-0.15, -0.1) is 10.2 Å². The zero-order chi connectivity index (χ0) is 16.8. The van der Waals surface area contributed by atoms with Gasteiger partial charge in [-0.3, -0.25) is 4.79 Å². The SMILES string of the molecule is Cn1cnnc1SCc1ccc(C(=O)N/N=C\c2ccco2)cc1. The number of benzene rings is 1. The smallest absolute Gasteiger partial charge is 0.271 e. The van der Waals surface area contributed by atoms with E-state index in [4.69, 9.17) is 4.42 Å². The Bertz CT molecular complexity index is 825. The molecule has 1 N–H and O–H groups in total. The van der Waals surface area contributed by atoms with Crippen LogP contribution in [0.25, 0.3) is 0 Å². The van der Waals surface area contributed by atoms with Crippen LogP contribution in [0.5, 0.6) is 0 Å². The fourth-order valence-electron chi connectivity index (χ4n) is 1.89. The minimum atomic E-state index is -0.273. The third-order valence-corrected chi connectivity index (χ3v) is 4.26. The van der Waals surface area contributed by atoms with Gasteiger partial charge in [0.25, 0.3) is 5.91 Å². The summed E-state index contributed by atoms with van der Waals surface area (Å²) in [6.45, 7) is 0. The molecule has 0 aliphatic rings. The van der Waals surface area contributed by atoms with Crippen molar-refractivity contribution in [3.05, 3.63) is 65.9 Å². The molecule has 0 saturated carbocycles. The van der Waals surface area contributed by atoms with E-state index in [1.54, 1.807) is 48.6 Å². The fraction of sp³-hybridized carbons (Fsp3) is 0.125. The summed E-state index contributed by atoms with van der Waals surface area (Å²) >= 11 is 1.59. The first kappa shape index (κ1) is 16.0. The molecular weight excluding hydrogens is 326 g/mol. The quantitative estimate of drug-likeness (QED) is 0.423. The Kier molecular flexibility index (Phi) is 5.07. The van der Waals surface area contributed by atoms with Gasteiger partial charge in [0.05, 0.1) is 12.5 Å². The highest BCUT2D eigenvalue weighted by molar-refractivity contribution is 7.98. The number of hydrazone groups is 1. The Hall–Kier alpha value is -2.87. The molecule has 24 heavy (non-hydrogen) atoms. The number of hydrogen-bond acceptors (Lipinski definition) is 6. The van der Waals surface area contributed by atoms with E-state index in [1.165, 1.54) is 6.21 Å². The lowest BCUT2D eigenvalue weighted by Gasteiger charge is -2.03. The second-order valence-electron chi connectivity index (χ2n) is 4.92. The molecular formula is C16H15N5O2S. The molecule has 0 aliphatic heterocycles. The molecule has 0 bridgehead atoms. The second kappa shape index (κ2) is 7.60. The lowest BCUT2D eigenvalue weighted by atomic mass is 10.1. The molecule has 3 aromatic rings. The van der Waals surface area contributed by atoms with Crippen LogP contribution in [0.3, 0.4) is 0 Å². The number of nitrogens with zero attached hydrogens (tertiary/aromatic N) is 4. The van der Waals surface area contributed by atoms with Crippen LogP contribution in [0.2, 0.25) is 0 Å². The van der Waals surface area contributed by atoms with Crippen LogP contribution in [0.1, 0.15) is 21.7 Å². The molecule has 7 nitrogen and oxygen atoms in total. The van der Waals surface area contributed by atoms with E-state index in [0.29, 0.717) is 11.3 Å². The molecule has 0 aliphatic carbocycles. The number of hydrogen-bond donors (Lipinski definition) is 1. The highest BCUT2D eigenvalue weighted by atomic mass is 32.2. The van der Waals surface area contributed by atoms with Crippen molar-refractivity contribution in [2.45, 2.75) is 10.9 Å². The van der Waals surface area contributed by atoms with E-state index in [1.807, 2.05) is 23.7 Å². The maximum atomic E-state index is 12.0. The average Bonchev–Trinajstić information content (AvgIpc) is 3.25. The predicted molar refractivity (Wildman–Crippen MR) is 90.8 cm³/mol. The third-order valence-electron chi connectivity index (χ3n) is 3.15. The third kappa shape index (κ3) is 4.11. The highest BCUT2D eigenvalue weighted by Gasteiger charge is 2.06. The number of carbonyl (C=O) groups is 1. The maximum Gasteiger partial charge on any atom is 0.271 e. The summed E-state index contributed by atoms with van der Waals surface area (Å²) in [4.78, 5) is 12.0. The lowest BCUT2D eigenvalue weighted by Crippen LogP contribution is -2.17. The molecule has 0 unspecified atom stereocenters. The maximum absolute atomic E-state index is 12.0. The summed E-state index contributed by atoms with van der Waals surface area (Å²) in [7, 11) is 1.90. The number of rotatable bonds is 6. The molecule has 0 fully saturated rings. The summed E-state index contributed by atoms with van der Waals surface area (Å²) in [6.07, 6.45) is 4.66. The number of carbonyl (C=O) groups excluding carboxylic acids is 1. The van der Waals surface area contributed by atoms with Crippen LogP contribution < -0.4 is 5.43 Å². The largest absolute Gasteiger partial charge is 0.463 e. The van der Waals surface area contributed by atoms with Gasteiger partial charge in [0.1, 0.15) is 12.1 Å². The van der Waals surface area contributed by atoms with Crippen molar-refractivity contribution in [3.8, 4) is 0 Å². The van der Waals surface area contributed by atoms with Gasteiger partial charge in [-0.05, 0) is 29.8 Å². The van der Waals surface area contributed by atoms with Crippen LogP contribution >= 0.6 is 11.8 Å². The summed E-state index contributed by atoms with van der Waals surface area (Å²) in [5, 5.41) is 12.6. The van der Waals surface area contributed by atoms with Gasteiger partial charge in [0.2, 0.25) is 0 Å². The molecule has 0 radical (unpaired) electrons. The van der Waals surface area contributed by atoms with E-state index in [-0.39, 0.29) is 5.91 Å². The molecule has 2 aromatic heterocycles. The van der Waals surface area contributed by atoms with Crippen LogP contribution in [0.15, 0.2) is 63.7 Å². The number of amides is 1. The standard InChI is InChI=1S/C16H15N5O2S/c1-21-11-18-20-16(21)24-10-12-4-6-13(7-5-12)15(22)19-17-9-14-3-2-8-23-14/h2-9,11H,10H2,1H3,(H,19,22)/b17-9-. The number of aromatic nitrogens is 3. The summed E-state index contributed by atoms with van der Waals surface area (Å²) < 4.78 is 6.95. The normalized spacial score (nSPS) is 11.0. The van der Waals surface area contributed by atoms with Crippen LogP contribution in [-0.4, -0.2) is 26.9 Å². The van der Waals surface area contributed by atoms with Crippen molar-refractivity contribution in [2.75, 3.05) is 0 Å². The number of thioether (sulfide) groups is 1. The molecule has 0 atom stereocenters. The summed E-state index contributed by atoms with van der Waals surface area (Å²) in [6, 6.07) is 10.9. The molecule has 0 spiro atoms. The van der Waals surface area contributed by atoms with E-state index >= 15 is 0 Å². The lowest BCUT2D eigenvalue weighted by molar-refractivity contribution is 0.0955. The first-order chi connectivity index (χ1) is 11.7. The van der Waals surface area contributed by atoms with Crippen LogP contribution in [0, 0.1) is 0 Å². The van der Waals surface area contributed by atoms with Gasteiger partial charge in [0, 0.05) is 18.4 Å². The molecule has 1 amide bonds. The van der Waals surface area contributed by atoms with E-state index < -0.39 is 0 Å². The second-order valence-corrected chi connectivity index (χ2v) is 5.87. The average molecular weight is 341 g/mol. The van der Waals surface area contributed by atoms with Gasteiger partial charge in [0.15, 0.2) is 5.16 Å². The highest BCUT2D eigenvalue weighted by Crippen LogP contribution is 2.20. The Morgan fingerprint density at radius 1 is 1.38 bits per heavy atom. The van der Waals surface area contributed by atoms with E-state index in [2.05, 4.69) is 20.7 Å². The minimum Gasteiger partial charge on any atom is -0.463 e. The molecule has 8 heteroatoms. The molecule has 0 saturated heterocycles. The Balaban J connectivity index is 1.53. The van der Waals surface area contributed by atoms with E-state index in [9.17, 15) is 4.79 Å². The Morgan fingerprint density at radius 2 is 2.21 bits per heavy atom. The summed E-state index contributed by atoms with van der Waals surface area (Å²) in [5.41, 5.74) is 4.10. The Labute approximate surface area is 142 Å². The number of furan rings is 1. The van der Waals surface area contributed by atoms with Crippen molar-refractivity contribution in [2.24, 2.45) is 12.1 Å². The monoisotopic (exact) mass is 341 g/mol. The van der Waals surface area contributed by atoms with Crippen molar-refractivity contribution < 1.29 is 9.21 Å². The van der Waals surface area contributed by atoms with Gasteiger partial charge in [-0.2, -0.15) is 5.10 Å². The fourth-order valence-corrected chi connectivity index (χ4v) is 2.73. The molecule has 122 valence electrons. The zero-order valence-electron chi connectivity index (χ0n) is 12.9. The topological polar surface area (TPSA) is 85.3 Å².